The summed E-state index contributed by atoms with van der Waals surface area (Å²) < 4.78 is 33.5. The van der Waals surface area contributed by atoms with Crippen LogP contribution in [0.2, 0.25) is 0 Å². The Labute approximate surface area is 361 Å². The monoisotopic (exact) mass is 848 g/mol. The number of carbonyl (C=O) groups excluding carboxylic acids is 2. The van der Waals surface area contributed by atoms with Crippen molar-refractivity contribution in [2.24, 2.45) is 0 Å². The summed E-state index contributed by atoms with van der Waals surface area (Å²) in [5.74, 6) is -0.852. The van der Waals surface area contributed by atoms with Gasteiger partial charge in [0.05, 0.1) is 13.2 Å². The number of hydrogen-bond donors (Lipinski definition) is 1. The van der Waals surface area contributed by atoms with E-state index in [-0.39, 0.29) is 26.1 Å². The highest BCUT2D eigenvalue weighted by molar-refractivity contribution is 7.47. The van der Waals surface area contributed by atoms with Gasteiger partial charge < -0.3 is 19.3 Å². The standard InChI is InChI=1S/C49H86NO8P/c1-5-7-9-11-13-15-17-19-21-23-24-26-27-29-31-33-35-37-39-41-48(51)55-45-47(46-57-59(53,54)56-44-43-50(3)4)58-49(52)42-40-38-36-34-32-30-28-25-22-20-18-16-14-12-10-8-6-2/h13-16,19-22,24,26,29,31,47H,5-12,17-18,23,25,27-28,30,32-46H2,1-4H3,(H,53,54)/b15-13-,16-14-,21-19-,22-20-,26-24-,31-29-. The van der Waals surface area contributed by atoms with Crippen molar-refractivity contribution >= 4 is 19.8 Å². The van der Waals surface area contributed by atoms with E-state index in [1.807, 2.05) is 19.0 Å². The van der Waals surface area contributed by atoms with Gasteiger partial charge in [0.1, 0.15) is 6.61 Å². The molecule has 0 fully saturated rings. The fraction of sp³-hybridized carbons (Fsp3) is 0.714. The maximum atomic E-state index is 12.7. The molecule has 2 atom stereocenters. The molecule has 0 amide bonds. The molecule has 0 bridgehead atoms. The predicted octanol–water partition coefficient (Wildman–Crippen LogP) is 13.7. The topological polar surface area (TPSA) is 112 Å². The van der Waals surface area contributed by atoms with Crippen molar-refractivity contribution < 1.29 is 37.6 Å². The van der Waals surface area contributed by atoms with Crippen LogP contribution in [0.3, 0.4) is 0 Å². The molecular weight excluding hydrogens is 762 g/mol. The van der Waals surface area contributed by atoms with E-state index in [0.29, 0.717) is 19.4 Å². The number of unbranched alkanes of at least 4 members (excludes halogenated alkanes) is 16. The Morgan fingerprint density at radius 2 is 0.915 bits per heavy atom. The fourth-order valence-electron chi connectivity index (χ4n) is 5.88. The molecule has 0 saturated heterocycles. The number of phosphoric ester groups is 1. The third kappa shape index (κ3) is 44.8. The Morgan fingerprint density at radius 1 is 0.525 bits per heavy atom. The molecule has 0 aliphatic rings. The van der Waals surface area contributed by atoms with Crippen LogP contribution in [0.1, 0.15) is 181 Å². The van der Waals surface area contributed by atoms with E-state index in [1.54, 1.807) is 0 Å². The summed E-state index contributed by atoms with van der Waals surface area (Å²) >= 11 is 0. The van der Waals surface area contributed by atoms with Crippen LogP contribution in [-0.2, 0) is 32.7 Å². The molecule has 0 aliphatic heterocycles. The van der Waals surface area contributed by atoms with Crippen LogP contribution in [0.15, 0.2) is 72.9 Å². The van der Waals surface area contributed by atoms with Crippen LogP contribution >= 0.6 is 7.82 Å². The molecule has 2 unspecified atom stereocenters. The van der Waals surface area contributed by atoms with Gasteiger partial charge in [-0.05, 0) is 104 Å². The first-order valence-electron chi connectivity index (χ1n) is 23.2. The van der Waals surface area contributed by atoms with Gasteiger partial charge >= 0.3 is 19.8 Å². The maximum Gasteiger partial charge on any atom is 0.472 e. The number of hydrogen-bond acceptors (Lipinski definition) is 8. The average molecular weight is 848 g/mol. The third-order valence-corrected chi connectivity index (χ3v) is 10.5. The normalized spacial score (nSPS) is 14.0. The summed E-state index contributed by atoms with van der Waals surface area (Å²) in [5, 5.41) is 0. The molecule has 0 spiro atoms. The summed E-state index contributed by atoms with van der Waals surface area (Å²) in [5.41, 5.74) is 0. The van der Waals surface area contributed by atoms with E-state index in [9.17, 15) is 19.0 Å². The van der Waals surface area contributed by atoms with Gasteiger partial charge in [0, 0.05) is 19.4 Å². The van der Waals surface area contributed by atoms with Crippen LogP contribution < -0.4 is 0 Å². The highest BCUT2D eigenvalue weighted by Crippen LogP contribution is 2.43. The van der Waals surface area contributed by atoms with E-state index in [4.69, 9.17) is 18.5 Å². The summed E-state index contributed by atoms with van der Waals surface area (Å²) in [6, 6.07) is 0. The predicted molar refractivity (Wildman–Crippen MR) is 247 cm³/mol. The van der Waals surface area contributed by atoms with E-state index in [1.165, 1.54) is 70.6 Å². The second kappa shape index (κ2) is 43.5. The molecule has 0 aromatic rings. The minimum Gasteiger partial charge on any atom is -0.462 e. The first-order valence-corrected chi connectivity index (χ1v) is 24.7. The van der Waals surface area contributed by atoms with E-state index in [0.717, 1.165) is 70.6 Å². The Balaban J connectivity index is 4.35. The first kappa shape index (κ1) is 56.5. The average Bonchev–Trinajstić information content (AvgIpc) is 3.20. The SMILES string of the molecule is CCCCC/C=C\C/C=C\C/C=C\C/C=C\CCCCCC(=O)OCC(COP(=O)(O)OCCN(C)C)OC(=O)CCCCCCCCC/C=C\C/C=C\CCCCC. The third-order valence-electron chi connectivity index (χ3n) is 9.49. The van der Waals surface area contributed by atoms with Gasteiger partial charge in [-0.1, -0.05) is 151 Å². The number of likely N-dealkylation sites (N-methyl/N-ethyl adjacent to an activating group) is 1. The molecule has 0 aromatic carbocycles. The van der Waals surface area contributed by atoms with Gasteiger partial charge in [-0.2, -0.15) is 0 Å². The van der Waals surface area contributed by atoms with Crippen LogP contribution in [0, 0.1) is 0 Å². The zero-order chi connectivity index (χ0) is 43.3. The zero-order valence-electron chi connectivity index (χ0n) is 37.9. The lowest BCUT2D eigenvalue weighted by Crippen LogP contribution is -2.29. The molecule has 0 rings (SSSR count). The van der Waals surface area contributed by atoms with Crippen molar-refractivity contribution in [3.05, 3.63) is 72.9 Å². The maximum absolute atomic E-state index is 12.7. The second-order valence-electron chi connectivity index (χ2n) is 15.6. The Bertz CT molecular complexity index is 1210. The Hall–Kier alpha value is -2.55. The van der Waals surface area contributed by atoms with Crippen molar-refractivity contribution in [1.82, 2.24) is 4.90 Å². The lowest BCUT2D eigenvalue weighted by Gasteiger charge is -2.20. The molecule has 59 heavy (non-hydrogen) atoms. The number of esters is 2. The number of nitrogens with zero attached hydrogens (tertiary/aromatic N) is 1. The van der Waals surface area contributed by atoms with Crippen molar-refractivity contribution in [1.29, 1.82) is 0 Å². The molecule has 0 radical (unpaired) electrons. The molecule has 0 heterocycles. The van der Waals surface area contributed by atoms with Crippen LogP contribution in [-0.4, -0.2) is 68.3 Å². The Morgan fingerprint density at radius 3 is 1.37 bits per heavy atom. The lowest BCUT2D eigenvalue weighted by molar-refractivity contribution is -0.161. The number of phosphoric acid groups is 1. The fourth-order valence-corrected chi connectivity index (χ4v) is 6.62. The molecule has 0 aromatic heterocycles. The Kier molecular flexibility index (Phi) is 41.7. The number of allylic oxidation sites excluding steroid dienone is 12. The minimum absolute atomic E-state index is 0.00317. The molecule has 9 nitrogen and oxygen atoms in total. The van der Waals surface area contributed by atoms with Crippen LogP contribution in [0.5, 0.6) is 0 Å². The molecule has 0 saturated carbocycles. The number of carbonyl (C=O) groups is 2. The van der Waals surface area contributed by atoms with E-state index >= 15 is 0 Å². The van der Waals surface area contributed by atoms with Gasteiger partial charge in [0.25, 0.3) is 0 Å². The molecule has 0 aliphatic carbocycles. The van der Waals surface area contributed by atoms with Crippen LogP contribution in [0.4, 0.5) is 0 Å². The van der Waals surface area contributed by atoms with Gasteiger partial charge in [0.2, 0.25) is 0 Å². The van der Waals surface area contributed by atoms with E-state index in [2.05, 4.69) is 86.8 Å². The van der Waals surface area contributed by atoms with Gasteiger partial charge in [-0.3, -0.25) is 18.6 Å². The van der Waals surface area contributed by atoms with Gasteiger partial charge in [-0.25, -0.2) is 4.57 Å². The lowest BCUT2D eigenvalue weighted by atomic mass is 10.1. The molecule has 10 heteroatoms. The van der Waals surface area contributed by atoms with Gasteiger partial charge in [-0.15, -0.1) is 0 Å². The van der Waals surface area contributed by atoms with E-state index < -0.39 is 32.5 Å². The summed E-state index contributed by atoms with van der Waals surface area (Å²) in [4.78, 5) is 37.1. The summed E-state index contributed by atoms with van der Waals surface area (Å²) in [6.07, 6.45) is 52.3. The smallest absolute Gasteiger partial charge is 0.462 e. The van der Waals surface area contributed by atoms with Gasteiger partial charge in [0.15, 0.2) is 6.10 Å². The highest BCUT2D eigenvalue weighted by atomic mass is 31.2. The second-order valence-corrected chi connectivity index (χ2v) is 17.0. The quantitative estimate of drug-likeness (QED) is 0.0278. The molecule has 1 N–H and O–H groups in total. The first-order chi connectivity index (χ1) is 28.7. The van der Waals surface area contributed by atoms with Crippen molar-refractivity contribution in [2.45, 2.75) is 187 Å². The van der Waals surface area contributed by atoms with Crippen molar-refractivity contribution in [3.8, 4) is 0 Å². The van der Waals surface area contributed by atoms with Crippen molar-refractivity contribution in [3.63, 3.8) is 0 Å². The number of ether oxygens (including phenoxy) is 2. The molecule has 340 valence electrons. The summed E-state index contributed by atoms with van der Waals surface area (Å²) in [7, 11) is -0.739. The number of rotatable bonds is 42. The van der Waals surface area contributed by atoms with Crippen LogP contribution in [0.25, 0.3) is 0 Å². The van der Waals surface area contributed by atoms with Crippen molar-refractivity contribution in [2.75, 3.05) is 40.5 Å². The minimum atomic E-state index is -4.38. The summed E-state index contributed by atoms with van der Waals surface area (Å²) in [6.45, 7) is 4.22. The largest absolute Gasteiger partial charge is 0.472 e. The molecular formula is C49H86NO8P. The highest BCUT2D eigenvalue weighted by Gasteiger charge is 2.26. The zero-order valence-corrected chi connectivity index (χ0v) is 38.8.